The van der Waals surface area contributed by atoms with Crippen LogP contribution in [0.15, 0.2) is 6.20 Å². The van der Waals surface area contributed by atoms with E-state index in [1.165, 1.54) is 12.8 Å². The van der Waals surface area contributed by atoms with Crippen LogP contribution in [-0.2, 0) is 10.3 Å². The van der Waals surface area contributed by atoms with Crippen LogP contribution in [0.1, 0.15) is 62.5 Å². The minimum absolute atomic E-state index is 0.110. The van der Waals surface area contributed by atoms with Crippen molar-refractivity contribution in [3.8, 4) is 0 Å². The summed E-state index contributed by atoms with van der Waals surface area (Å²) in [5, 5.41) is 4.44. The lowest BCUT2D eigenvalue weighted by molar-refractivity contribution is -0.0753. The molecule has 1 saturated heterocycles. The van der Waals surface area contributed by atoms with Gasteiger partial charge in [0.1, 0.15) is 0 Å². The average Bonchev–Trinajstić information content (AvgIpc) is 2.87. The van der Waals surface area contributed by atoms with Gasteiger partial charge in [0.25, 0.3) is 5.91 Å². The van der Waals surface area contributed by atoms with Gasteiger partial charge in [0.2, 0.25) is 0 Å². The minimum Gasteiger partial charge on any atom is -0.374 e. The Balaban J connectivity index is 1.86. The average molecular weight is 305 g/mol. The summed E-state index contributed by atoms with van der Waals surface area (Å²) in [5.41, 5.74) is 1.58. The van der Waals surface area contributed by atoms with E-state index in [9.17, 15) is 4.79 Å². The molecule has 1 aromatic heterocycles. The van der Waals surface area contributed by atoms with Crippen molar-refractivity contribution < 1.29 is 9.53 Å². The molecule has 22 heavy (non-hydrogen) atoms. The first-order chi connectivity index (χ1) is 10.4. The summed E-state index contributed by atoms with van der Waals surface area (Å²) in [6.07, 6.45) is 6.50. The smallest absolute Gasteiger partial charge is 0.257 e. The summed E-state index contributed by atoms with van der Waals surface area (Å²) in [7, 11) is 0. The molecule has 2 atom stereocenters. The number of hydrogen-bond donors (Lipinski definition) is 0. The van der Waals surface area contributed by atoms with E-state index in [2.05, 4.69) is 25.9 Å². The third-order valence-electron chi connectivity index (χ3n) is 4.87. The molecule has 1 aromatic rings. The third kappa shape index (κ3) is 2.67. The van der Waals surface area contributed by atoms with Crippen molar-refractivity contribution in [3.05, 3.63) is 17.5 Å². The summed E-state index contributed by atoms with van der Waals surface area (Å²) >= 11 is 0. The maximum absolute atomic E-state index is 13.0. The molecule has 0 spiro atoms. The normalized spacial score (nSPS) is 25.9. The van der Waals surface area contributed by atoms with Crippen LogP contribution < -0.4 is 0 Å². The first kappa shape index (κ1) is 15.5. The Labute approximate surface area is 132 Å². The van der Waals surface area contributed by atoms with Crippen molar-refractivity contribution in [3.63, 3.8) is 0 Å². The Morgan fingerprint density at radius 3 is 2.73 bits per heavy atom. The van der Waals surface area contributed by atoms with Gasteiger partial charge < -0.3 is 9.64 Å². The van der Waals surface area contributed by atoms with Gasteiger partial charge in [-0.15, -0.1) is 0 Å². The van der Waals surface area contributed by atoms with E-state index in [0.717, 1.165) is 24.1 Å². The molecular formula is C17H27N3O2. The Kier molecular flexibility index (Phi) is 4.02. The number of carbonyl (C=O) groups excluding carboxylic acids is 1. The molecule has 3 rings (SSSR count). The second-order valence-corrected chi connectivity index (χ2v) is 7.49. The van der Waals surface area contributed by atoms with Crippen LogP contribution in [0.5, 0.6) is 0 Å². The van der Waals surface area contributed by atoms with Crippen molar-refractivity contribution in [1.29, 1.82) is 0 Å². The summed E-state index contributed by atoms with van der Waals surface area (Å²) in [6.45, 7) is 9.65. The van der Waals surface area contributed by atoms with Gasteiger partial charge in [0.05, 0.1) is 36.1 Å². The van der Waals surface area contributed by atoms with E-state index >= 15 is 0 Å². The fraction of sp³-hybridized carbons (Fsp3) is 0.765. The molecule has 1 aliphatic heterocycles. The van der Waals surface area contributed by atoms with Gasteiger partial charge in [-0.25, -0.2) is 0 Å². The topological polar surface area (TPSA) is 47.4 Å². The maximum atomic E-state index is 13.0. The molecule has 5 heteroatoms. The molecule has 1 amide bonds. The second kappa shape index (κ2) is 5.69. The maximum Gasteiger partial charge on any atom is 0.257 e. The number of morpholine rings is 1. The molecule has 2 unspecified atom stereocenters. The van der Waals surface area contributed by atoms with E-state index in [-0.39, 0.29) is 23.6 Å². The highest BCUT2D eigenvalue weighted by atomic mass is 16.5. The molecule has 5 nitrogen and oxygen atoms in total. The lowest BCUT2D eigenvalue weighted by Gasteiger charge is -2.43. The zero-order valence-electron chi connectivity index (χ0n) is 14.1. The van der Waals surface area contributed by atoms with E-state index in [1.807, 2.05) is 16.5 Å². The summed E-state index contributed by atoms with van der Waals surface area (Å²) in [6, 6.07) is 0.243. The summed E-state index contributed by atoms with van der Waals surface area (Å²) < 4.78 is 7.82. The van der Waals surface area contributed by atoms with Crippen molar-refractivity contribution >= 4 is 5.91 Å². The SMILES string of the molecule is Cc1c(C(=O)N2CCOC3CCCCC32)cnn1C(C)(C)C. The molecule has 0 bridgehead atoms. The molecule has 1 saturated carbocycles. The zero-order valence-corrected chi connectivity index (χ0v) is 14.1. The van der Waals surface area contributed by atoms with Gasteiger partial charge in [-0.2, -0.15) is 5.10 Å². The fourth-order valence-electron chi connectivity index (χ4n) is 3.80. The third-order valence-corrected chi connectivity index (χ3v) is 4.87. The van der Waals surface area contributed by atoms with Crippen molar-refractivity contribution in [2.75, 3.05) is 13.2 Å². The van der Waals surface area contributed by atoms with E-state index in [4.69, 9.17) is 4.74 Å². The predicted molar refractivity (Wildman–Crippen MR) is 85.0 cm³/mol. The number of hydrogen-bond acceptors (Lipinski definition) is 3. The molecule has 1 aliphatic carbocycles. The van der Waals surface area contributed by atoms with Crippen LogP contribution >= 0.6 is 0 Å². The summed E-state index contributed by atoms with van der Waals surface area (Å²) in [5.74, 6) is 0.119. The van der Waals surface area contributed by atoms with Crippen molar-refractivity contribution in [2.45, 2.75) is 71.1 Å². The highest BCUT2D eigenvalue weighted by Gasteiger charge is 2.38. The van der Waals surface area contributed by atoms with E-state index in [0.29, 0.717) is 13.2 Å². The van der Waals surface area contributed by atoms with Crippen LogP contribution in [0.2, 0.25) is 0 Å². The molecule has 0 radical (unpaired) electrons. The number of ether oxygens (including phenoxy) is 1. The van der Waals surface area contributed by atoms with E-state index in [1.54, 1.807) is 6.20 Å². The molecular weight excluding hydrogens is 278 g/mol. The lowest BCUT2D eigenvalue weighted by Crippen LogP contribution is -2.54. The molecule has 122 valence electrons. The number of rotatable bonds is 1. The highest BCUT2D eigenvalue weighted by Crippen LogP contribution is 2.30. The lowest BCUT2D eigenvalue weighted by atomic mass is 9.89. The first-order valence-electron chi connectivity index (χ1n) is 8.37. The first-order valence-corrected chi connectivity index (χ1v) is 8.37. The Bertz CT molecular complexity index is 557. The van der Waals surface area contributed by atoms with Gasteiger partial charge in [-0.05, 0) is 40.5 Å². The Morgan fingerprint density at radius 2 is 2.05 bits per heavy atom. The summed E-state index contributed by atoms with van der Waals surface area (Å²) in [4.78, 5) is 15.1. The Hall–Kier alpha value is -1.36. The van der Waals surface area contributed by atoms with Gasteiger partial charge in [-0.3, -0.25) is 9.48 Å². The number of nitrogens with zero attached hydrogens (tertiary/aromatic N) is 3. The van der Waals surface area contributed by atoms with Crippen molar-refractivity contribution in [2.24, 2.45) is 0 Å². The number of fused-ring (bicyclic) bond motifs is 1. The van der Waals surface area contributed by atoms with Crippen LogP contribution in [0.3, 0.4) is 0 Å². The molecule has 2 fully saturated rings. The molecule has 2 heterocycles. The predicted octanol–water partition coefficient (Wildman–Crippen LogP) is 2.73. The van der Waals surface area contributed by atoms with Gasteiger partial charge in [0.15, 0.2) is 0 Å². The minimum atomic E-state index is -0.110. The van der Waals surface area contributed by atoms with Gasteiger partial charge >= 0.3 is 0 Å². The number of carbonyl (C=O) groups is 1. The van der Waals surface area contributed by atoms with Crippen LogP contribution in [0.4, 0.5) is 0 Å². The Morgan fingerprint density at radius 1 is 1.32 bits per heavy atom. The largest absolute Gasteiger partial charge is 0.374 e. The van der Waals surface area contributed by atoms with Crippen LogP contribution in [0, 0.1) is 6.92 Å². The monoisotopic (exact) mass is 305 g/mol. The quantitative estimate of drug-likeness (QED) is 0.801. The molecule has 0 N–H and O–H groups in total. The highest BCUT2D eigenvalue weighted by molar-refractivity contribution is 5.95. The number of amides is 1. The van der Waals surface area contributed by atoms with Crippen molar-refractivity contribution in [1.82, 2.24) is 14.7 Å². The van der Waals surface area contributed by atoms with Crippen LogP contribution in [0.25, 0.3) is 0 Å². The van der Waals surface area contributed by atoms with Crippen LogP contribution in [-0.4, -0.2) is 45.9 Å². The van der Waals surface area contributed by atoms with Gasteiger partial charge in [0, 0.05) is 12.2 Å². The zero-order chi connectivity index (χ0) is 15.9. The van der Waals surface area contributed by atoms with E-state index < -0.39 is 0 Å². The second-order valence-electron chi connectivity index (χ2n) is 7.49. The standard InChI is InChI=1S/C17H27N3O2/c1-12-13(11-18-20(12)17(2,3)4)16(21)19-9-10-22-15-8-6-5-7-14(15)19/h11,14-15H,5-10H2,1-4H3. The molecule has 2 aliphatic rings. The molecule has 0 aromatic carbocycles. The van der Waals surface area contributed by atoms with Gasteiger partial charge in [-0.1, -0.05) is 12.8 Å². The fourth-order valence-corrected chi connectivity index (χ4v) is 3.80. The number of aromatic nitrogens is 2.